The maximum atomic E-state index is 12.5. The van der Waals surface area contributed by atoms with Crippen LogP contribution in [0.15, 0.2) is 36.4 Å². The van der Waals surface area contributed by atoms with Crippen LogP contribution in [0.3, 0.4) is 0 Å². The number of amides is 1. The first-order chi connectivity index (χ1) is 11.8. The van der Waals surface area contributed by atoms with E-state index in [9.17, 15) is 18.0 Å². The van der Waals surface area contributed by atoms with E-state index in [1.807, 2.05) is 11.9 Å². The van der Waals surface area contributed by atoms with Gasteiger partial charge >= 0.3 is 6.18 Å². The van der Waals surface area contributed by atoms with E-state index in [0.717, 1.165) is 31.5 Å². The molecule has 0 aliphatic heterocycles. The minimum atomic E-state index is -4.41. The minimum absolute atomic E-state index is 0.0903. The second-order valence-corrected chi connectivity index (χ2v) is 5.58. The van der Waals surface area contributed by atoms with Crippen molar-refractivity contribution >= 4 is 17.4 Å². The Hall–Kier alpha value is -2.64. The van der Waals surface area contributed by atoms with Crippen molar-refractivity contribution < 1.29 is 18.0 Å². The summed E-state index contributed by atoms with van der Waals surface area (Å²) in [6.07, 6.45) is -2.33. The van der Waals surface area contributed by atoms with Gasteiger partial charge in [0.15, 0.2) is 11.5 Å². The van der Waals surface area contributed by atoms with Gasteiger partial charge in [-0.15, -0.1) is 10.2 Å². The van der Waals surface area contributed by atoms with E-state index in [4.69, 9.17) is 0 Å². The Morgan fingerprint density at radius 2 is 1.80 bits per heavy atom. The van der Waals surface area contributed by atoms with Gasteiger partial charge in [0.25, 0.3) is 5.91 Å². The van der Waals surface area contributed by atoms with Crippen molar-refractivity contribution in [3.63, 3.8) is 0 Å². The summed E-state index contributed by atoms with van der Waals surface area (Å²) in [6.45, 7) is 2.93. The lowest BCUT2D eigenvalue weighted by Gasteiger charge is -2.16. The van der Waals surface area contributed by atoms with E-state index in [1.165, 1.54) is 18.2 Å². The molecule has 2 aromatic rings. The van der Waals surface area contributed by atoms with E-state index in [-0.39, 0.29) is 11.4 Å². The maximum Gasteiger partial charge on any atom is 0.416 e. The number of nitrogens with zero attached hydrogens (tertiary/aromatic N) is 3. The van der Waals surface area contributed by atoms with Gasteiger partial charge in [-0.1, -0.05) is 13.3 Å². The molecule has 2 rings (SSSR count). The van der Waals surface area contributed by atoms with Gasteiger partial charge < -0.3 is 10.2 Å². The molecule has 134 valence electrons. The molecule has 1 aromatic carbocycles. The lowest BCUT2D eigenvalue weighted by molar-refractivity contribution is -0.137. The summed E-state index contributed by atoms with van der Waals surface area (Å²) in [5.74, 6) is 0.120. The van der Waals surface area contributed by atoms with E-state index < -0.39 is 17.6 Å². The minimum Gasteiger partial charge on any atom is -0.358 e. The van der Waals surface area contributed by atoms with Crippen molar-refractivity contribution in [1.82, 2.24) is 10.2 Å². The lowest BCUT2D eigenvalue weighted by Crippen LogP contribution is -2.21. The zero-order chi connectivity index (χ0) is 18.4. The zero-order valence-electron chi connectivity index (χ0n) is 14.0. The van der Waals surface area contributed by atoms with Crippen molar-refractivity contribution in [1.29, 1.82) is 0 Å². The van der Waals surface area contributed by atoms with E-state index >= 15 is 0 Å². The Balaban J connectivity index is 2.01. The third kappa shape index (κ3) is 5.17. The first kappa shape index (κ1) is 18.7. The number of alkyl halides is 3. The SMILES string of the molecule is CCCCN(C)c1ccc(C(=O)Nc2ccc(C(F)(F)F)cc2)nn1. The number of carbonyl (C=O) groups is 1. The average molecular weight is 352 g/mol. The van der Waals surface area contributed by atoms with E-state index in [0.29, 0.717) is 5.82 Å². The molecule has 1 aromatic heterocycles. The van der Waals surface area contributed by atoms with Crippen LogP contribution >= 0.6 is 0 Å². The number of benzene rings is 1. The van der Waals surface area contributed by atoms with E-state index in [1.54, 1.807) is 6.07 Å². The molecule has 0 saturated carbocycles. The predicted molar refractivity (Wildman–Crippen MR) is 89.6 cm³/mol. The predicted octanol–water partition coefficient (Wildman–Crippen LogP) is 3.98. The standard InChI is InChI=1S/C17H19F3N4O/c1-3-4-11-24(2)15-10-9-14(22-23-15)16(25)21-13-7-5-12(6-8-13)17(18,19)20/h5-10H,3-4,11H2,1-2H3,(H,21,25). The Bertz CT molecular complexity index is 699. The number of hydrogen-bond acceptors (Lipinski definition) is 4. The average Bonchev–Trinajstić information content (AvgIpc) is 2.59. The maximum absolute atomic E-state index is 12.5. The summed E-state index contributed by atoms with van der Waals surface area (Å²) >= 11 is 0. The molecule has 0 aliphatic rings. The van der Waals surface area contributed by atoms with Gasteiger partial charge in [0.2, 0.25) is 0 Å². The molecule has 25 heavy (non-hydrogen) atoms. The Labute approximate surface area is 143 Å². The van der Waals surface area contributed by atoms with Gasteiger partial charge in [-0.05, 0) is 42.8 Å². The van der Waals surface area contributed by atoms with Crippen LogP contribution in [0.2, 0.25) is 0 Å². The zero-order valence-corrected chi connectivity index (χ0v) is 14.0. The van der Waals surface area contributed by atoms with Gasteiger partial charge in [-0.25, -0.2) is 0 Å². The lowest BCUT2D eigenvalue weighted by atomic mass is 10.2. The summed E-state index contributed by atoms with van der Waals surface area (Å²) in [5, 5.41) is 10.4. The van der Waals surface area contributed by atoms with Crippen molar-refractivity contribution in [3.05, 3.63) is 47.7 Å². The third-order valence-electron chi connectivity index (χ3n) is 3.59. The van der Waals surface area contributed by atoms with Crippen LogP contribution in [0.4, 0.5) is 24.7 Å². The highest BCUT2D eigenvalue weighted by Gasteiger charge is 2.30. The summed E-state index contributed by atoms with van der Waals surface area (Å²) in [6, 6.07) is 7.43. The molecule has 5 nitrogen and oxygen atoms in total. The summed E-state index contributed by atoms with van der Waals surface area (Å²) < 4.78 is 37.6. The molecule has 0 fully saturated rings. The first-order valence-corrected chi connectivity index (χ1v) is 7.84. The van der Waals surface area contributed by atoms with Crippen LogP contribution in [0.5, 0.6) is 0 Å². The molecule has 1 heterocycles. The van der Waals surface area contributed by atoms with Gasteiger partial charge in [0.1, 0.15) is 0 Å². The Kier molecular flexibility index (Phi) is 5.95. The fraction of sp³-hybridized carbons (Fsp3) is 0.353. The molecule has 0 unspecified atom stereocenters. The molecular formula is C17H19F3N4O. The quantitative estimate of drug-likeness (QED) is 0.854. The van der Waals surface area contributed by atoms with Crippen LogP contribution in [0.25, 0.3) is 0 Å². The summed E-state index contributed by atoms with van der Waals surface area (Å²) in [7, 11) is 1.89. The number of nitrogens with one attached hydrogen (secondary N) is 1. The number of aromatic nitrogens is 2. The number of rotatable bonds is 6. The highest BCUT2D eigenvalue weighted by atomic mass is 19.4. The number of anilines is 2. The highest BCUT2D eigenvalue weighted by Crippen LogP contribution is 2.29. The molecule has 0 spiro atoms. The van der Waals surface area contributed by atoms with Crippen LogP contribution < -0.4 is 10.2 Å². The number of carbonyl (C=O) groups excluding carboxylic acids is 1. The van der Waals surface area contributed by atoms with Crippen LogP contribution in [-0.4, -0.2) is 29.7 Å². The molecule has 0 radical (unpaired) electrons. The second kappa shape index (κ2) is 7.96. The number of halogens is 3. The highest BCUT2D eigenvalue weighted by molar-refractivity contribution is 6.02. The summed E-state index contributed by atoms with van der Waals surface area (Å²) in [5.41, 5.74) is -0.429. The fourth-order valence-electron chi connectivity index (χ4n) is 2.10. The number of hydrogen-bond donors (Lipinski definition) is 1. The third-order valence-corrected chi connectivity index (χ3v) is 3.59. The molecule has 1 amide bonds. The van der Waals surface area contributed by atoms with Crippen LogP contribution in [0, 0.1) is 0 Å². The van der Waals surface area contributed by atoms with Crippen molar-refractivity contribution in [2.45, 2.75) is 25.9 Å². The second-order valence-electron chi connectivity index (χ2n) is 5.58. The van der Waals surface area contributed by atoms with Gasteiger partial charge in [-0.2, -0.15) is 13.2 Å². The Morgan fingerprint density at radius 3 is 2.32 bits per heavy atom. The van der Waals surface area contributed by atoms with Gasteiger partial charge in [0.05, 0.1) is 5.56 Å². The molecule has 0 aliphatic carbocycles. The molecule has 0 bridgehead atoms. The van der Waals surface area contributed by atoms with Crippen molar-refractivity contribution in [2.24, 2.45) is 0 Å². The Morgan fingerprint density at radius 1 is 1.12 bits per heavy atom. The first-order valence-electron chi connectivity index (χ1n) is 7.84. The molecular weight excluding hydrogens is 333 g/mol. The van der Waals surface area contributed by atoms with Crippen LogP contribution in [-0.2, 0) is 6.18 Å². The summed E-state index contributed by atoms with van der Waals surface area (Å²) in [4.78, 5) is 14.0. The van der Waals surface area contributed by atoms with Crippen molar-refractivity contribution in [3.8, 4) is 0 Å². The largest absolute Gasteiger partial charge is 0.416 e. The topological polar surface area (TPSA) is 58.1 Å². The monoisotopic (exact) mass is 352 g/mol. The molecule has 0 saturated heterocycles. The molecule has 0 atom stereocenters. The normalized spacial score (nSPS) is 11.2. The van der Waals surface area contributed by atoms with Crippen molar-refractivity contribution in [2.75, 3.05) is 23.8 Å². The fourth-order valence-corrected chi connectivity index (χ4v) is 2.10. The van der Waals surface area contributed by atoms with E-state index in [2.05, 4.69) is 22.4 Å². The van der Waals surface area contributed by atoms with Crippen LogP contribution in [0.1, 0.15) is 35.8 Å². The number of unbranched alkanes of at least 4 members (excludes halogenated alkanes) is 1. The van der Waals surface area contributed by atoms with Gasteiger partial charge in [0, 0.05) is 19.3 Å². The molecule has 1 N–H and O–H groups in total. The smallest absolute Gasteiger partial charge is 0.358 e. The molecule has 8 heteroatoms. The van der Waals surface area contributed by atoms with Gasteiger partial charge in [-0.3, -0.25) is 4.79 Å².